The number of rotatable bonds is 17. The number of carbonyl (C=O) groups is 1. The monoisotopic (exact) mass is 997 g/mol. The first kappa shape index (κ1) is 51.1. The average Bonchev–Trinajstić information content (AvgIpc) is 4.04. The third kappa shape index (κ3) is 10.3. The first-order chi connectivity index (χ1) is 33.5. The normalized spacial score (nSPS) is 19.1. The Bertz CT molecular complexity index is 2960. The van der Waals surface area contributed by atoms with E-state index in [-0.39, 0.29) is 41.9 Å². The van der Waals surface area contributed by atoms with Crippen molar-refractivity contribution in [3.63, 3.8) is 0 Å². The smallest absolute Gasteiger partial charge is 0.251 e. The van der Waals surface area contributed by atoms with Crippen molar-refractivity contribution in [1.82, 2.24) is 49.9 Å². The number of amides is 1. The zero-order valence-corrected chi connectivity index (χ0v) is 43.6. The molecule has 2 aliphatic carbocycles. The van der Waals surface area contributed by atoms with Crippen LogP contribution in [0.1, 0.15) is 127 Å². The number of halogens is 2. The standard InChI is InChI=1S/C52H70Cl2N12O4/c1-10-63(38-16-12-36(13-17-38)61(7)8)46-22-35(54)21-42(31(46)4)52(70)56-27-44-33(6)66-50(57-29-59-66)45(49(44)68)28-62(9)37-14-18-39(19-15-37)64(11-2)47-23-34(53)20-41(30(47)3)51(69)55-26-43-32(5)65-40(24-48(43)67)25-58-60-65/h20-25,29,36-39,52,56,60,70H,10-19,26-28H2,1-9H3,(H,55,69)(H,57,59). The van der Waals surface area contributed by atoms with Crippen LogP contribution in [-0.4, -0.2) is 109 Å². The van der Waals surface area contributed by atoms with E-state index in [1.54, 1.807) is 23.1 Å². The SMILES string of the molecule is CCN(c1cc(Cl)cc(C(=O)NCc2c(C)n3[nH]ncc3cc2=O)c1C)C1CCC(N(C)Cc2c(=O)c(CNC(O)c3cc(Cl)cc(N(CC)C4CCC(N(C)C)CC4)c3C)c(C)n3[nH]cnc23)CC1. The predicted molar refractivity (Wildman–Crippen MR) is 280 cm³/mol. The van der Waals surface area contributed by atoms with Crippen molar-refractivity contribution in [2.45, 2.75) is 143 Å². The van der Waals surface area contributed by atoms with Crippen LogP contribution in [0.2, 0.25) is 10.0 Å². The number of benzene rings is 2. The molecule has 2 aliphatic rings. The molecule has 18 heteroatoms. The van der Waals surface area contributed by atoms with Crippen molar-refractivity contribution in [1.29, 1.82) is 0 Å². The van der Waals surface area contributed by atoms with Gasteiger partial charge in [-0.25, -0.2) is 19.2 Å². The molecule has 0 bridgehead atoms. The van der Waals surface area contributed by atoms with Gasteiger partial charge in [0.2, 0.25) is 0 Å². The number of fused-ring (bicyclic) bond motifs is 2. The van der Waals surface area contributed by atoms with Gasteiger partial charge in [-0.05, 0) is 149 Å². The van der Waals surface area contributed by atoms with Gasteiger partial charge in [0, 0.05) is 118 Å². The fraction of sp³-hybridized carbons (Fsp3) is 0.519. The summed E-state index contributed by atoms with van der Waals surface area (Å²) in [6, 6.07) is 10.4. The fourth-order valence-corrected chi connectivity index (χ4v) is 11.9. The zero-order chi connectivity index (χ0) is 50.1. The largest absolute Gasteiger partial charge is 0.374 e. The molecule has 2 aromatic carbocycles. The van der Waals surface area contributed by atoms with Gasteiger partial charge in [-0.1, -0.05) is 23.2 Å². The van der Waals surface area contributed by atoms with Gasteiger partial charge >= 0.3 is 0 Å². The third-order valence-electron chi connectivity index (χ3n) is 15.6. The lowest BCUT2D eigenvalue weighted by Crippen LogP contribution is -2.44. The minimum absolute atomic E-state index is 0.0607. The van der Waals surface area contributed by atoms with Gasteiger partial charge in [0.25, 0.3) is 5.91 Å². The Morgan fingerprint density at radius 2 is 1.36 bits per heavy atom. The second-order valence-electron chi connectivity index (χ2n) is 19.7. The summed E-state index contributed by atoms with van der Waals surface area (Å²) in [6.07, 6.45) is 10.3. The third-order valence-corrected chi connectivity index (χ3v) is 16.0. The summed E-state index contributed by atoms with van der Waals surface area (Å²) in [6.45, 7) is 14.2. The van der Waals surface area contributed by atoms with Crippen LogP contribution in [0.5, 0.6) is 0 Å². The van der Waals surface area contributed by atoms with Crippen molar-refractivity contribution in [3.05, 3.63) is 124 Å². The number of nitrogens with one attached hydrogen (secondary N) is 4. The van der Waals surface area contributed by atoms with Gasteiger partial charge in [-0.3, -0.25) is 29.7 Å². The molecule has 0 spiro atoms. The molecule has 4 aromatic heterocycles. The van der Waals surface area contributed by atoms with Gasteiger partial charge in [0.05, 0.1) is 17.3 Å². The lowest BCUT2D eigenvalue weighted by molar-refractivity contribution is 0.0950. The van der Waals surface area contributed by atoms with Gasteiger partial charge in [-0.2, -0.15) is 5.10 Å². The van der Waals surface area contributed by atoms with Crippen molar-refractivity contribution >= 4 is 51.6 Å². The maximum Gasteiger partial charge on any atom is 0.251 e. The number of pyridine rings is 2. The van der Waals surface area contributed by atoms with Crippen LogP contribution in [0, 0.1) is 27.7 Å². The van der Waals surface area contributed by atoms with E-state index in [2.05, 4.69) is 85.6 Å². The highest BCUT2D eigenvalue weighted by Gasteiger charge is 2.32. The molecule has 0 radical (unpaired) electrons. The molecule has 0 saturated heterocycles. The van der Waals surface area contributed by atoms with Gasteiger partial charge in [0.15, 0.2) is 16.5 Å². The van der Waals surface area contributed by atoms with Crippen LogP contribution in [0.15, 0.2) is 52.4 Å². The van der Waals surface area contributed by atoms with E-state index < -0.39 is 6.23 Å². The molecule has 16 nitrogen and oxygen atoms in total. The molecule has 5 N–H and O–H groups in total. The molecule has 376 valence electrons. The number of carbonyl (C=O) groups excluding carboxylic acids is 1. The molecule has 70 heavy (non-hydrogen) atoms. The molecular weight excluding hydrogens is 928 g/mol. The lowest BCUT2D eigenvalue weighted by Gasteiger charge is -2.41. The summed E-state index contributed by atoms with van der Waals surface area (Å²) in [5.41, 5.74) is 8.96. The number of hydrogen-bond donors (Lipinski definition) is 5. The minimum atomic E-state index is -1.06. The number of hydrogen-bond acceptors (Lipinski definition) is 11. The van der Waals surface area contributed by atoms with E-state index >= 15 is 0 Å². The summed E-state index contributed by atoms with van der Waals surface area (Å²) in [4.78, 5) is 55.2. The zero-order valence-electron chi connectivity index (χ0n) is 42.1. The van der Waals surface area contributed by atoms with Crippen LogP contribution >= 0.6 is 23.2 Å². The molecule has 1 unspecified atom stereocenters. The minimum Gasteiger partial charge on any atom is -0.374 e. The number of aromatic nitrogens is 6. The van der Waals surface area contributed by atoms with E-state index in [1.165, 1.54) is 6.07 Å². The number of anilines is 2. The first-order valence-corrected chi connectivity index (χ1v) is 25.6. The average molecular weight is 998 g/mol. The van der Waals surface area contributed by atoms with Crippen molar-refractivity contribution in [2.24, 2.45) is 0 Å². The summed E-state index contributed by atoms with van der Waals surface area (Å²) >= 11 is 13.5. The fourth-order valence-electron chi connectivity index (χ4n) is 11.4. The van der Waals surface area contributed by atoms with Crippen LogP contribution in [0.4, 0.5) is 11.4 Å². The molecule has 8 rings (SSSR count). The Labute approximate surface area is 420 Å². The summed E-state index contributed by atoms with van der Waals surface area (Å²) < 4.78 is 3.58. The Kier molecular flexibility index (Phi) is 15.8. The predicted octanol–water partition coefficient (Wildman–Crippen LogP) is 7.58. The van der Waals surface area contributed by atoms with Gasteiger partial charge in [0.1, 0.15) is 12.6 Å². The maximum absolute atomic E-state index is 14.6. The quantitative estimate of drug-likeness (QED) is 0.0571. The molecule has 2 saturated carbocycles. The second-order valence-corrected chi connectivity index (χ2v) is 20.6. The van der Waals surface area contributed by atoms with E-state index in [0.717, 1.165) is 92.7 Å². The number of aromatic amines is 2. The Hall–Kier alpha value is -5.23. The highest BCUT2D eigenvalue weighted by Crippen LogP contribution is 2.37. The number of aryl methyl sites for hydroxylation is 2. The van der Waals surface area contributed by atoms with E-state index in [9.17, 15) is 19.5 Å². The van der Waals surface area contributed by atoms with Crippen LogP contribution in [0.25, 0.3) is 11.2 Å². The number of H-pyrrole nitrogens is 2. The molecular formula is C52H70Cl2N12O4. The van der Waals surface area contributed by atoms with E-state index in [4.69, 9.17) is 23.2 Å². The Balaban J connectivity index is 0.930. The molecule has 0 aliphatic heterocycles. The Morgan fingerprint density at radius 1 is 0.771 bits per heavy atom. The second kappa shape index (κ2) is 21.6. The highest BCUT2D eigenvalue weighted by molar-refractivity contribution is 6.31. The van der Waals surface area contributed by atoms with Crippen LogP contribution in [0.3, 0.4) is 0 Å². The highest BCUT2D eigenvalue weighted by atomic mass is 35.5. The number of aliphatic hydroxyl groups is 1. The van der Waals surface area contributed by atoms with Crippen molar-refractivity contribution in [3.8, 4) is 0 Å². The van der Waals surface area contributed by atoms with Crippen LogP contribution < -0.4 is 31.3 Å². The molecule has 1 atom stereocenters. The van der Waals surface area contributed by atoms with Gasteiger partial charge < -0.3 is 25.1 Å². The van der Waals surface area contributed by atoms with Crippen molar-refractivity contribution < 1.29 is 9.90 Å². The lowest BCUT2D eigenvalue weighted by atomic mass is 9.88. The first-order valence-electron chi connectivity index (χ1n) is 24.8. The number of nitrogens with zero attached hydrogens (tertiary/aromatic N) is 8. The molecule has 4 heterocycles. The van der Waals surface area contributed by atoms with E-state index in [0.29, 0.717) is 73.3 Å². The van der Waals surface area contributed by atoms with Crippen LogP contribution in [-0.2, 0) is 19.6 Å². The number of aliphatic hydroxyl groups excluding tert-OH is 1. The Morgan fingerprint density at radius 3 is 1.99 bits per heavy atom. The van der Waals surface area contributed by atoms with Gasteiger partial charge in [-0.15, -0.1) is 0 Å². The maximum atomic E-state index is 14.6. The van der Waals surface area contributed by atoms with Crippen molar-refractivity contribution in [2.75, 3.05) is 44.0 Å². The topological polar surface area (TPSA) is 175 Å². The summed E-state index contributed by atoms with van der Waals surface area (Å²) in [7, 11) is 6.40. The summed E-state index contributed by atoms with van der Waals surface area (Å²) in [5.74, 6) is -0.304. The molecule has 2 fully saturated rings. The summed E-state index contributed by atoms with van der Waals surface area (Å²) in [5, 5.41) is 29.1. The van der Waals surface area contributed by atoms with E-state index in [1.807, 2.05) is 50.4 Å². The molecule has 6 aromatic rings. The molecule has 1 amide bonds.